The minimum atomic E-state index is -0.0201. The first-order valence-electron chi connectivity index (χ1n) is 7.29. The number of carbonyl (C=O) groups excluding carboxylic acids is 2. The largest absolute Gasteiger partial charge is 0.326 e. The van der Waals surface area contributed by atoms with Gasteiger partial charge in [-0.15, -0.1) is 0 Å². The average Bonchev–Trinajstić information content (AvgIpc) is 3.05. The molecule has 0 radical (unpaired) electrons. The van der Waals surface area contributed by atoms with Gasteiger partial charge in [-0.1, -0.05) is 19.3 Å². The summed E-state index contributed by atoms with van der Waals surface area (Å²) in [6.45, 7) is 0.454. The Kier molecular flexibility index (Phi) is 3.14. The third-order valence-corrected chi connectivity index (χ3v) is 5.08. The van der Waals surface area contributed by atoms with Gasteiger partial charge in [0.15, 0.2) is 0 Å². The van der Waals surface area contributed by atoms with E-state index >= 15 is 0 Å². The lowest BCUT2D eigenvalue weighted by molar-refractivity contribution is -0.140. The molecule has 4 nitrogen and oxygen atoms in total. The Balaban J connectivity index is 1.65. The number of hydrogen-bond acceptors (Lipinski definition) is 3. The fourth-order valence-corrected chi connectivity index (χ4v) is 3.99. The first-order chi connectivity index (χ1) is 8.68. The van der Waals surface area contributed by atoms with E-state index in [0.717, 1.165) is 32.1 Å². The summed E-state index contributed by atoms with van der Waals surface area (Å²) in [7, 11) is 0. The zero-order valence-electron chi connectivity index (χ0n) is 10.8. The van der Waals surface area contributed by atoms with Crippen molar-refractivity contribution in [3.8, 4) is 0 Å². The van der Waals surface area contributed by atoms with Crippen LogP contribution >= 0.6 is 0 Å². The molecule has 2 saturated carbocycles. The number of likely N-dealkylation sites (tertiary alicyclic amines) is 1. The number of nitrogens with two attached hydrogens (primary N) is 1. The molecule has 3 fully saturated rings. The highest BCUT2D eigenvalue weighted by Crippen LogP contribution is 2.40. The van der Waals surface area contributed by atoms with Crippen LogP contribution in [0.25, 0.3) is 0 Å². The van der Waals surface area contributed by atoms with E-state index in [-0.39, 0.29) is 29.7 Å². The lowest BCUT2D eigenvalue weighted by Gasteiger charge is -2.24. The summed E-state index contributed by atoms with van der Waals surface area (Å²) >= 11 is 0. The first kappa shape index (κ1) is 12.2. The second-order valence-corrected chi connectivity index (χ2v) is 6.14. The lowest BCUT2D eigenvalue weighted by atomic mass is 9.98. The number of amides is 2. The van der Waals surface area contributed by atoms with E-state index < -0.39 is 0 Å². The minimum absolute atomic E-state index is 0.0146. The Hall–Kier alpha value is -0.900. The molecule has 2 amide bonds. The number of fused-ring (bicyclic) bond motifs is 1. The number of carbonyl (C=O) groups is 2. The number of hydrogen-bond donors (Lipinski definition) is 1. The van der Waals surface area contributed by atoms with Gasteiger partial charge in [-0.2, -0.15) is 0 Å². The van der Waals surface area contributed by atoms with Gasteiger partial charge in [0.25, 0.3) is 0 Å². The molecule has 3 rings (SSSR count). The maximum atomic E-state index is 12.2. The molecule has 2 aliphatic carbocycles. The molecule has 1 aliphatic heterocycles. The standard InChI is InChI=1S/C14H22N2O2/c15-12(9-4-1-2-5-9)8-16-13(17)10-6-3-7-11(10)14(16)18/h9-12H,1-8,15H2. The van der Waals surface area contributed by atoms with Crippen molar-refractivity contribution in [2.45, 2.75) is 51.0 Å². The van der Waals surface area contributed by atoms with E-state index in [1.807, 2.05) is 0 Å². The van der Waals surface area contributed by atoms with Gasteiger partial charge in [-0.05, 0) is 31.6 Å². The van der Waals surface area contributed by atoms with Gasteiger partial charge in [-0.3, -0.25) is 14.5 Å². The maximum Gasteiger partial charge on any atom is 0.233 e. The molecular weight excluding hydrogens is 228 g/mol. The molecule has 2 N–H and O–H groups in total. The molecule has 0 aromatic rings. The van der Waals surface area contributed by atoms with Crippen LogP contribution in [0.15, 0.2) is 0 Å². The third-order valence-electron chi connectivity index (χ3n) is 5.08. The fourth-order valence-electron chi connectivity index (χ4n) is 3.99. The Morgan fingerprint density at radius 3 is 2.11 bits per heavy atom. The van der Waals surface area contributed by atoms with Gasteiger partial charge in [0.2, 0.25) is 11.8 Å². The smallest absolute Gasteiger partial charge is 0.233 e. The molecule has 18 heavy (non-hydrogen) atoms. The summed E-state index contributed by atoms with van der Waals surface area (Å²) in [5.41, 5.74) is 6.19. The summed E-state index contributed by atoms with van der Waals surface area (Å²) in [6.07, 6.45) is 7.61. The summed E-state index contributed by atoms with van der Waals surface area (Å²) in [4.78, 5) is 25.9. The molecular formula is C14H22N2O2. The van der Waals surface area contributed by atoms with Gasteiger partial charge in [0.05, 0.1) is 11.8 Å². The van der Waals surface area contributed by atoms with Crippen LogP contribution in [0.3, 0.4) is 0 Å². The summed E-state index contributed by atoms with van der Waals surface area (Å²) < 4.78 is 0. The SMILES string of the molecule is NC(CN1C(=O)C2CCCC2C1=O)C1CCCC1. The first-order valence-corrected chi connectivity index (χ1v) is 7.29. The van der Waals surface area contributed by atoms with E-state index in [1.54, 1.807) is 0 Å². The van der Waals surface area contributed by atoms with Crippen LogP contribution in [0.1, 0.15) is 44.9 Å². The molecule has 0 spiro atoms. The number of imide groups is 1. The van der Waals surface area contributed by atoms with Crippen molar-refractivity contribution in [1.29, 1.82) is 0 Å². The van der Waals surface area contributed by atoms with Crippen molar-refractivity contribution in [3.63, 3.8) is 0 Å². The van der Waals surface area contributed by atoms with E-state index in [4.69, 9.17) is 5.73 Å². The molecule has 1 saturated heterocycles. The zero-order valence-corrected chi connectivity index (χ0v) is 10.8. The van der Waals surface area contributed by atoms with Crippen LogP contribution in [0, 0.1) is 17.8 Å². The molecule has 1 heterocycles. The summed E-state index contributed by atoms with van der Waals surface area (Å²) in [5.74, 6) is 0.569. The monoisotopic (exact) mass is 250 g/mol. The Morgan fingerprint density at radius 2 is 1.56 bits per heavy atom. The molecule has 0 aromatic heterocycles. The molecule has 3 aliphatic rings. The van der Waals surface area contributed by atoms with Crippen molar-refractivity contribution in [2.24, 2.45) is 23.5 Å². The molecule has 0 bridgehead atoms. The van der Waals surface area contributed by atoms with Crippen LogP contribution in [-0.2, 0) is 9.59 Å². The summed E-state index contributed by atoms with van der Waals surface area (Å²) in [5, 5.41) is 0. The van der Waals surface area contributed by atoms with E-state index in [1.165, 1.54) is 17.7 Å². The van der Waals surface area contributed by atoms with E-state index in [9.17, 15) is 9.59 Å². The van der Waals surface area contributed by atoms with Crippen LogP contribution in [-0.4, -0.2) is 29.3 Å². The topological polar surface area (TPSA) is 63.4 Å². The highest BCUT2D eigenvalue weighted by Gasteiger charge is 2.50. The van der Waals surface area contributed by atoms with Gasteiger partial charge >= 0.3 is 0 Å². The second kappa shape index (κ2) is 4.65. The highest BCUT2D eigenvalue weighted by molar-refractivity contribution is 6.05. The number of nitrogens with zero attached hydrogens (tertiary/aromatic N) is 1. The van der Waals surface area contributed by atoms with E-state index in [0.29, 0.717) is 12.5 Å². The Morgan fingerprint density at radius 1 is 1.00 bits per heavy atom. The third kappa shape index (κ3) is 1.87. The molecule has 3 unspecified atom stereocenters. The van der Waals surface area contributed by atoms with Crippen LogP contribution in [0.5, 0.6) is 0 Å². The van der Waals surface area contributed by atoms with Gasteiger partial charge in [-0.25, -0.2) is 0 Å². The molecule has 100 valence electrons. The van der Waals surface area contributed by atoms with Crippen molar-refractivity contribution in [1.82, 2.24) is 4.90 Å². The van der Waals surface area contributed by atoms with E-state index in [2.05, 4.69) is 0 Å². The Labute approximate surface area is 108 Å². The number of rotatable bonds is 3. The average molecular weight is 250 g/mol. The van der Waals surface area contributed by atoms with Crippen molar-refractivity contribution in [2.75, 3.05) is 6.54 Å². The maximum absolute atomic E-state index is 12.2. The fraction of sp³-hybridized carbons (Fsp3) is 0.857. The van der Waals surface area contributed by atoms with Gasteiger partial charge < -0.3 is 5.73 Å². The predicted molar refractivity (Wildman–Crippen MR) is 67.5 cm³/mol. The zero-order chi connectivity index (χ0) is 12.7. The van der Waals surface area contributed by atoms with Crippen LogP contribution in [0.2, 0.25) is 0 Å². The van der Waals surface area contributed by atoms with Crippen LogP contribution < -0.4 is 5.73 Å². The minimum Gasteiger partial charge on any atom is -0.326 e. The van der Waals surface area contributed by atoms with Gasteiger partial charge in [0.1, 0.15) is 0 Å². The van der Waals surface area contributed by atoms with Crippen molar-refractivity contribution < 1.29 is 9.59 Å². The summed E-state index contributed by atoms with van der Waals surface area (Å²) in [6, 6.07) is -0.0146. The molecule has 0 aromatic carbocycles. The van der Waals surface area contributed by atoms with Crippen molar-refractivity contribution >= 4 is 11.8 Å². The van der Waals surface area contributed by atoms with Crippen LogP contribution in [0.4, 0.5) is 0 Å². The molecule has 4 heteroatoms. The van der Waals surface area contributed by atoms with Crippen molar-refractivity contribution in [3.05, 3.63) is 0 Å². The predicted octanol–water partition coefficient (Wildman–Crippen LogP) is 1.29. The lowest BCUT2D eigenvalue weighted by Crippen LogP contribution is -2.44. The highest BCUT2D eigenvalue weighted by atomic mass is 16.2. The molecule has 3 atom stereocenters. The Bertz CT molecular complexity index is 341. The normalized spacial score (nSPS) is 34.4. The second-order valence-electron chi connectivity index (χ2n) is 6.14. The van der Waals surface area contributed by atoms with Gasteiger partial charge in [0, 0.05) is 12.6 Å². The quantitative estimate of drug-likeness (QED) is 0.768.